The highest BCUT2D eigenvalue weighted by molar-refractivity contribution is 6.45. The molecule has 27 heavy (non-hydrogen) atoms. The number of carbonyl (C=O) groups excluding carboxylic acids is 1. The van der Waals surface area contributed by atoms with E-state index in [-0.39, 0.29) is 11.7 Å². The summed E-state index contributed by atoms with van der Waals surface area (Å²) in [5.74, 6) is 0.417. The maximum atomic E-state index is 12.5. The molecule has 144 valence electrons. The van der Waals surface area contributed by atoms with Crippen molar-refractivity contribution in [3.8, 4) is 0 Å². The van der Waals surface area contributed by atoms with E-state index >= 15 is 0 Å². The van der Waals surface area contributed by atoms with E-state index in [1.54, 1.807) is 18.2 Å². The summed E-state index contributed by atoms with van der Waals surface area (Å²) in [6, 6.07) is 5.25. The van der Waals surface area contributed by atoms with Crippen LogP contribution in [0.15, 0.2) is 30.4 Å². The third-order valence-electron chi connectivity index (χ3n) is 5.08. The quantitative estimate of drug-likeness (QED) is 0.264. The summed E-state index contributed by atoms with van der Waals surface area (Å²) in [5.41, 5.74) is 1.26. The van der Waals surface area contributed by atoms with Gasteiger partial charge in [0.1, 0.15) is 13.1 Å². The molecule has 3 rings (SSSR count). The minimum Gasteiger partial charge on any atom is -0.463 e. The van der Waals surface area contributed by atoms with E-state index in [9.17, 15) is 9.90 Å². The van der Waals surface area contributed by atoms with Gasteiger partial charge in [0.25, 0.3) is 0 Å². The van der Waals surface area contributed by atoms with E-state index in [2.05, 4.69) is 16.5 Å². The molecule has 1 atom stereocenters. The molecular weight excluding hydrogens is 383 g/mol. The molecule has 1 aliphatic heterocycles. The molecule has 1 aliphatic rings. The fourth-order valence-corrected chi connectivity index (χ4v) is 3.99. The number of rotatable bonds is 7. The number of aromatic nitrogens is 1. The number of hydrogen-bond acceptors (Lipinski definition) is 1. The normalized spacial score (nSPS) is 15.7. The lowest BCUT2D eigenvalue weighted by Gasteiger charge is -2.10. The molecule has 0 spiro atoms. The summed E-state index contributed by atoms with van der Waals surface area (Å²) in [6.07, 6.45) is 8.23. The van der Waals surface area contributed by atoms with Gasteiger partial charge in [0.05, 0.1) is 21.7 Å². The van der Waals surface area contributed by atoms with E-state index in [1.807, 2.05) is 12.1 Å². The van der Waals surface area contributed by atoms with Crippen molar-refractivity contribution in [3.05, 3.63) is 46.1 Å². The average Bonchev–Trinajstić information content (AvgIpc) is 3.33. The van der Waals surface area contributed by atoms with Crippen LogP contribution in [0, 0.1) is 5.92 Å². The summed E-state index contributed by atoms with van der Waals surface area (Å²) in [4.78, 5) is 15.6. The van der Waals surface area contributed by atoms with Crippen LogP contribution in [0.3, 0.4) is 0 Å². The van der Waals surface area contributed by atoms with Gasteiger partial charge in [-0.15, -0.1) is 0 Å². The van der Waals surface area contributed by atoms with Crippen LogP contribution in [-0.2, 0) is 0 Å². The zero-order chi connectivity index (χ0) is 19.4. The minimum atomic E-state index is -0.116. The Balaban J connectivity index is 1.72. The fraction of sp³-hybridized carbons (Fsp3) is 0.429. The molecule has 1 saturated heterocycles. The van der Waals surface area contributed by atoms with Crippen molar-refractivity contribution < 1.29 is 14.5 Å². The summed E-state index contributed by atoms with van der Waals surface area (Å²) in [6.45, 7) is 3.96. The predicted octanol–water partition coefficient (Wildman–Crippen LogP) is 5.78. The highest BCUT2D eigenvalue weighted by Crippen LogP contribution is 2.31. The number of aliphatic hydroxyl groups excluding tert-OH is 1. The highest BCUT2D eigenvalue weighted by atomic mass is 35.5. The molecule has 6 heteroatoms. The van der Waals surface area contributed by atoms with Crippen LogP contribution in [0.5, 0.6) is 0 Å². The van der Waals surface area contributed by atoms with Gasteiger partial charge in [-0.05, 0) is 37.1 Å². The monoisotopic (exact) mass is 407 g/mol. The number of hydrogen-bond donors (Lipinski definition) is 2. The van der Waals surface area contributed by atoms with Crippen LogP contribution >= 0.6 is 23.2 Å². The Morgan fingerprint density at radius 2 is 2.07 bits per heavy atom. The van der Waals surface area contributed by atoms with Gasteiger partial charge in [0.2, 0.25) is 5.78 Å². The molecule has 1 aromatic heterocycles. The van der Waals surface area contributed by atoms with Crippen molar-refractivity contribution in [2.75, 3.05) is 13.1 Å². The third-order valence-corrected chi connectivity index (χ3v) is 5.90. The maximum Gasteiger partial charge on any atom is 0.337 e. The van der Waals surface area contributed by atoms with E-state index in [1.165, 1.54) is 0 Å². The summed E-state index contributed by atoms with van der Waals surface area (Å²) < 4.78 is 2.07. The Kier molecular flexibility index (Phi) is 6.61. The van der Waals surface area contributed by atoms with Gasteiger partial charge in [0.15, 0.2) is 0 Å². The van der Waals surface area contributed by atoms with Crippen molar-refractivity contribution in [3.63, 3.8) is 0 Å². The van der Waals surface area contributed by atoms with Crippen molar-refractivity contribution in [2.24, 2.45) is 5.92 Å². The largest absolute Gasteiger partial charge is 0.463 e. The smallest absolute Gasteiger partial charge is 0.337 e. The van der Waals surface area contributed by atoms with Crippen LogP contribution in [0.25, 0.3) is 10.9 Å². The van der Waals surface area contributed by atoms with Gasteiger partial charge in [-0.25, -0.2) is 4.58 Å². The summed E-state index contributed by atoms with van der Waals surface area (Å²) >= 11 is 12.2. The van der Waals surface area contributed by atoms with Crippen LogP contribution in [0.1, 0.15) is 49.5 Å². The molecule has 4 nitrogen and oxygen atoms in total. The third kappa shape index (κ3) is 4.56. The molecule has 1 aromatic carbocycles. The zero-order valence-electron chi connectivity index (χ0n) is 15.5. The number of aliphatic hydroxyl groups is 1. The Bertz CT molecular complexity index is 891. The van der Waals surface area contributed by atoms with Crippen LogP contribution in [-0.4, -0.2) is 39.4 Å². The summed E-state index contributed by atoms with van der Waals surface area (Å²) in [5, 5.41) is 12.2. The first-order valence-electron chi connectivity index (χ1n) is 9.49. The molecule has 1 fully saturated rings. The maximum absolute atomic E-state index is 12.5. The number of fused-ring (bicyclic) bond motifs is 1. The molecule has 0 saturated carbocycles. The summed E-state index contributed by atoms with van der Waals surface area (Å²) in [7, 11) is 0. The second kappa shape index (κ2) is 8.94. The molecular formula is C21H25Cl2N2O2+. The molecule has 0 amide bonds. The van der Waals surface area contributed by atoms with Gasteiger partial charge >= 0.3 is 5.90 Å². The second-order valence-corrected chi connectivity index (χ2v) is 7.83. The predicted molar refractivity (Wildman–Crippen MR) is 112 cm³/mol. The van der Waals surface area contributed by atoms with Crippen molar-refractivity contribution in [1.29, 1.82) is 0 Å². The Labute approximate surface area is 169 Å². The first-order valence-corrected chi connectivity index (χ1v) is 10.2. The van der Waals surface area contributed by atoms with Crippen molar-refractivity contribution in [2.45, 2.75) is 39.0 Å². The van der Waals surface area contributed by atoms with E-state index in [0.717, 1.165) is 49.7 Å². The van der Waals surface area contributed by atoms with Gasteiger partial charge in [-0.2, -0.15) is 0 Å². The Hall–Kier alpha value is -1.78. The van der Waals surface area contributed by atoms with E-state index < -0.39 is 0 Å². The number of benzene rings is 1. The Morgan fingerprint density at radius 1 is 1.33 bits per heavy atom. The minimum absolute atomic E-state index is 0.0631. The number of carbonyl (C=O) groups is 1. The van der Waals surface area contributed by atoms with E-state index in [4.69, 9.17) is 23.2 Å². The second-order valence-electron chi connectivity index (χ2n) is 7.05. The van der Waals surface area contributed by atoms with E-state index in [0.29, 0.717) is 28.1 Å². The molecule has 0 bridgehead atoms. The standard InChI is InChI=1S/C21H24Cl2N2O2/c1-2-6-14(21(27)25-11-3-4-12-25)7-5-8-19(26)18-13-15-17(24-18)10-9-16(22)20(15)23/h5,8-10,13-14H,2-4,6-7,11-12H2,1H3,(H,24,26)/p+1/b8-5-/t14-/m1/s1. The lowest BCUT2D eigenvalue weighted by molar-refractivity contribution is -0.517. The Morgan fingerprint density at radius 3 is 2.78 bits per heavy atom. The number of nitrogens with one attached hydrogen (secondary N) is 1. The lowest BCUT2D eigenvalue weighted by Crippen LogP contribution is -2.25. The number of aromatic amines is 1. The molecule has 0 radical (unpaired) electrons. The van der Waals surface area contributed by atoms with Crippen molar-refractivity contribution in [1.82, 2.24) is 4.98 Å². The molecule has 2 heterocycles. The van der Waals surface area contributed by atoms with Gasteiger partial charge < -0.3 is 10.1 Å². The number of halogens is 2. The molecule has 2 N–H and O–H groups in total. The number of allylic oxidation sites excluding steroid dienone is 2. The molecule has 2 aromatic rings. The first kappa shape index (κ1) is 20.0. The molecule has 0 aliphatic carbocycles. The fourth-order valence-electron chi connectivity index (χ4n) is 3.61. The number of nitrogens with zero attached hydrogens (tertiary/aromatic N) is 1. The van der Waals surface area contributed by atoms with Crippen molar-refractivity contribution >= 4 is 45.8 Å². The molecule has 0 unspecified atom stereocenters. The van der Waals surface area contributed by atoms with Crippen LogP contribution in [0.2, 0.25) is 10.0 Å². The average molecular weight is 408 g/mol. The number of H-pyrrole nitrogens is 1. The highest BCUT2D eigenvalue weighted by Gasteiger charge is 2.26. The van der Waals surface area contributed by atoms with Crippen LogP contribution < -0.4 is 0 Å². The SMILES string of the molecule is CCC[C@H](C/C=C\C(=O)c1cc2c(Cl)c(Cl)ccc2[nH]1)C(O)=[N+]1CCCC1. The zero-order valence-corrected chi connectivity index (χ0v) is 17.0. The first-order chi connectivity index (χ1) is 13.0. The lowest BCUT2D eigenvalue weighted by atomic mass is 9.98. The topological polar surface area (TPSA) is 56.1 Å². The van der Waals surface area contributed by atoms with Crippen LogP contribution in [0.4, 0.5) is 0 Å². The van der Waals surface area contributed by atoms with Gasteiger partial charge in [-0.1, -0.05) is 42.6 Å². The number of ketones is 1. The van der Waals surface area contributed by atoms with Gasteiger partial charge in [0, 0.05) is 23.7 Å². The van der Waals surface area contributed by atoms with Gasteiger partial charge in [-0.3, -0.25) is 4.79 Å².